The van der Waals surface area contributed by atoms with E-state index in [9.17, 15) is 9.59 Å². The first kappa shape index (κ1) is 24.7. The van der Waals surface area contributed by atoms with E-state index in [2.05, 4.69) is 29.4 Å². The molecule has 10 heteroatoms. The maximum absolute atomic E-state index is 12.8. The van der Waals surface area contributed by atoms with Crippen molar-refractivity contribution < 1.29 is 14.3 Å². The van der Waals surface area contributed by atoms with E-state index in [1.807, 2.05) is 56.5 Å². The molecule has 0 unspecified atom stereocenters. The molecule has 3 heterocycles. The Bertz CT molecular complexity index is 1310. The third-order valence-corrected chi connectivity index (χ3v) is 6.84. The Labute approximate surface area is 208 Å². The fourth-order valence-electron chi connectivity index (χ4n) is 3.99. The number of nitrogens with two attached hydrogens (primary N) is 1. The summed E-state index contributed by atoms with van der Waals surface area (Å²) in [4.78, 5) is 30.7. The van der Waals surface area contributed by atoms with Crippen LogP contribution in [0.25, 0.3) is 5.00 Å². The average molecular weight is 495 g/mol. The third-order valence-electron chi connectivity index (χ3n) is 5.65. The normalized spacial score (nSPS) is 15.1. The van der Waals surface area contributed by atoms with Crippen LogP contribution in [0.15, 0.2) is 29.3 Å². The number of fused-ring (bicyclic) bond motifs is 3. The largest absolute Gasteiger partial charge is 0.460 e. The van der Waals surface area contributed by atoms with Crippen molar-refractivity contribution in [3.63, 3.8) is 0 Å². The first-order chi connectivity index (χ1) is 16.5. The summed E-state index contributed by atoms with van der Waals surface area (Å²) in [7, 11) is 0. The lowest BCUT2D eigenvalue weighted by atomic mass is 9.99. The van der Waals surface area contributed by atoms with Gasteiger partial charge in [0.25, 0.3) is 0 Å². The van der Waals surface area contributed by atoms with E-state index in [0.29, 0.717) is 11.5 Å². The smallest absolute Gasteiger partial charge is 0.308 e. The maximum Gasteiger partial charge on any atom is 0.308 e. The highest BCUT2D eigenvalue weighted by atomic mass is 32.1. The molecule has 2 aromatic heterocycles. The second kappa shape index (κ2) is 9.35. The summed E-state index contributed by atoms with van der Waals surface area (Å²) in [5.74, 6) is 0.725. The first-order valence-electron chi connectivity index (χ1n) is 11.4. The zero-order valence-electron chi connectivity index (χ0n) is 20.8. The Kier molecular flexibility index (Phi) is 6.61. The standard InChI is InChI=1S/C25H30N6O3S/c1-13-14(2)35-24-21(13)22(16-7-9-17(10-8-16)27-19(32)12-26)28-18(11-20(33)34-25(4,5)6)23-30-29-15(3)31(23)24/h7-10,18H,11-12,26H2,1-6H3,(H,27,32)/t18-/m0/s1. The number of aromatic nitrogens is 3. The highest BCUT2D eigenvalue weighted by molar-refractivity contribution is 7.15. The SMILES string of the molecule is Cc1sc2c(c1C)C(c1ccc(NC(=O)CN)cc1)=N[C@@H](CC(=O)OC(C)(C)C)c1nnc(C)n1-2. The summed E-state index contributed by atoms with van der Waals surface area (Å²) in [5, 5.41) is 12.5. The lowest BCUT2D eigenvalue weighted by molar-refractivity contribution is -0.155. The van der Waals surface area contributed by atoms with Gasteiger partial charge in [-0.1, -0.05) is 12.1 Å². The molecule has 9 nitrogen and oxygen atoms in total. The molecule has 35 heavy (non-hydrogen) atoms. The second-order valence-corrected chi connectivity index (χ2v) is 10.7. The van der Waals surface area contributed by atoms with Crippen molar-refractivity contribution in [2.24, 2.45) is 10.7 Å². The van der Waals surface area contributed by atoms with E-state index in [1.54, 1.807) is 11.3 Å². The number of benzene rings is 1. The maximum atomic E-state index is 12.8. The predicted molar refractivity (Wildman–Crippen MR) is 136 cm³/mol. The summed E-state index contributed by atoms with van der Waals surface area (Å²) in [5.41, 5.74) is 9.18. The van der Waals surface area contributed by atoms with E-state index in [1.165, 1.54) is 4.88 Å². The third kappa shape index (κ3) is 5.03. The topological polar surface area (TPSA) is 124 Å². The predicted octanol–water partition coefficient (Wildman–Crippen LogP) is 3.78. The van der Waals surface area contributed by atoms with Crippen LogP contribution in [0.2, 0.25) is 0 Å². The molecular weight excluding hydrogens is 464 g/mol. The van der Waals surface area contributed by atoms with Gasteiger partial charge in [-0.25, -0.2) is 0 Å². The van der Waals surface area contributed by atoms with Gasteiger partial charge in [-0.05, 0) is 59.2 Å². The van der Waals surface area contributed by atoms with Crippen LogP contribution in [0.1, 0.15) is 66.5 Å². The molecule has 0 aliphatic carbocycles. The molecule has 0 radical (unpaired) electrons. The molecule has 184 valence electrons. The van der Waals surface area contributed by atoms with E-state index >= 15 is 0 Å². The second-order valence-electron chi connectivity index (χ2n) is 9.52. The van der Waals surface area contributed by atoms with E-state index in [4.69, 9.17) is 15.5 Å². The molecule has 1 aromatic carbocycles. The lowest BCUT2D eigenvalue weighted by Crippen LogP contribution is -2.25. The lowest BCUT2D eigenvalue weighted by Gasteiger charge is -2.21. The van der Waals surface area contributed by atoms with Crippen LogP contribution in [-0.4, -0.2) is 44.5 Å². The van der Waals surface area contributed by atoms with E-state index < -0.39 is 11.6 Å². The van der Waals surface area contributed by atoms with Gasteiger partial charge in [-0.2, -0.15) is 0 Å². The Hall–Kier alpha value is -3.37. The zero-order valence-corrected chi connectivity index (χ0v) is 21.6. The number of carbonyl (C=O) groups is 2. The highest BCUT2D eigenvalue weighted by Crippen LogP contribution is 2.39. The Morgan fingerprint density at radius 1 is 1.14 bits per heavy atom. The summed E-state index contributed by atoms with van der Waals surface area (Å²) in [6, 6.07) is 6.88. The molecule has 0 saturated heterocycles. The Balaban J connectivity index is 1.84. The van der Waals surface area contributed by atoms with Gasteiger partial charge in [0.2, 0.25) is 5.91 Å². The number of carbonyl (C=O) groups excluding carboxylic acids is 2. The summed E-state index contributed by atoms with van der Waals surface area (Å²) in [6.07, 6.45) is 0.0382. The first-order valence-corrected chi connectivity index (χ1v) is 12.2. The van der Waals surface area contributed by atoms with Crippen molar-refractivity contribution in [1.29, 1.82) is 0 Å². The minimum atomic E-state index is -0.603. The number of hydrogen-bond donors (Lipinski definition) is 2. The average Bonchev–Trinajstić information content (AvgIpc) is 3.25. The number of nitrogens with one attached hydrogen (secondary N) is 1. The minimum Gasteiger partial charge on any atom is -0.460 e. The van der Waals surface area contributed by atoms with Gasteiger partial charge < -0.3 is 15.8 Å². The number of hydrogen-bond acceptors (Lipinski definition) is 8. The molecule has 1 aliphatic heterocycles. The molecular formula is C25H30N6O3S. The fourth-order valence-corrected chi connectivity index (χ4v) is 5.20. The number of esters is 1. The van der Waals surface area contributed by atoms with Gasteiger partial charge in [0.1, 0.15) is 22.5 Å². The van der Waals surface area contributed by atoms with Crippen LogP contribution in [-0.2, 0) is 14.3 Å². The molecule has 0 saturated carbocycles. The number of amides is 1. The summed E-state index contributed by atoms with van der Waals surface area (Å²) in [6.45, 7) is 11.5. The quantitative estimate of drug-likeness (QED) is 0.520. The van der Waals surface area contributed by atoms with Gasteiger partial charge in [-0.15, -0.1) is 21.5 Å². The number of ether oxygens (including phenoxy) is 1. The summed E-state index contributed by atoms with van der Waals surface area (Å²) < 4.78 is 7.60. The van der Waals surface area contributed by atoms with E-state index in [-0.39, 0.29) is 24.8 Å². The van der Waals surface area contributed by atoms with Crippen LogP contribution in [0, 0.1) is 20.8 Å². The zero-order chi connectivity index (χ0) is 25.5. The molecule has 3 N–H and O–H groups in total. The van der Waals surface area contributed by atoms with Crippen LogP contribution < -0.4 is 11.1 Å². The number of thiophene rings is 1. The fraction of sp³-hybridized carbons (Fsp3) is 0.400. The van der Waals surface area contributed by atoms with Crippen molar-refractivity contribution in [3.05, 3.63) is 57.5 Å². The minimum absolute atomic E-state index is 0.0382. The number of aliphatic imine (C=N–C) groups is 1. The molecule has 3 aromatic rings. The highest BCUT2D eigenvalue weighted by Gasteiger charge is 2.33. The monoisotopic (exact) mass is 494 g/mol. The van der Waals surface area contributed by atoms with Gasteiger partial charge in [0.15, 0.2) is 5.82 Å². The number of aryl methyl sites for hydroxylation is 2. The van der Waals surface area contributed by atoms with Crippen molar-refractivity contribution >= 4 is 34.6 Å². The molecule has 4 rings (SSSR count). The number of rotatable bonds is 5. The van der Waals surface area contributed by atoms with Crippen LogP contribution >= 0.6 is 11.3 Å². The Morgan fingerprint density at radius 2 is 1.83 bits per heavy atom. The summed E-state index contributed by atoms with van der Waals surface area (Å²) >= 11 is 1.65. The van der Waals surface area contributed by atoms with Crippen molar-refractivity contribution in [2.45, 2.75) is 59.6 Å². The number of nitrogens with zero attached hydrogens (tertiary/aromatic N) is 4. The van der Waals surface area contributed by atoms with Crippen molar-refractivity contribution in [2.75, 3.05) is 11.9 Å². The van der Waals surface area contributed by atoms with Crippen molar-refractivity contribution in [1.82, 2.24) is 14.8 Å². The van der Waals surface area contributed by atoms with E-state index in [0.717, 1.165) is 33.2 Å². The molecule has 0 fully saturated rings. The molecule has 1 aliphatic rings. The van der Waals surface area contributed by atoms with Crippen LogP contribution in [0.3, 0.4) is 0 Å². The van der Waals surface area contributed by atoms with Gasteiger partial charge in [-0.3, -0.25) is 19.1 Å². The molecule has 0 bridgehead atoms. The van der Waals surface area contributed by atoms with Crippen LogP contribution in [0.5, 0.6) is 0 Å². The molecule has 1 amide bonds. The molecule has 1 atom stereocenters. The van der Waals surface area contributed by atoms with Gasteiger partial charge in [0, 0.05) is 21.7 Å². The molecule has 0 spiro atoms. The Morgan fingerprint density at radius 3 is 2.46 bits per heavy atom. The van der Waals surface area contributed by atoms with Gasteiger partial charge >= 0.3 is 5.97 Å². The van der Waals surface area contributed by atoms with Crippen molar-refractivity contribution in [3.8, 4) is 5.00 Å². The number of anilines is 1. The van der Waals surface area contributed by atoms with Crippen LogP contribution in [0.4, 0.5) is 5.69 Å². The van der Waals surface area contributed by atoms with Gasteiger partial charge in [0.05, 0.1) is 18.7 Å².